The summed E-state index contributed by atoms with van der Waals surface area (Å²) in [6.07, 6.45) is 1.54. The Morgan fingerprint density at radius 1 is 0.875 bits per heavy atom. The van der Waals surface area contributed by atoms with Crippen molar-refractivity contribution in [2.75, 3.05) is 0 Å². The molecule has 0 saturated heterocycles. The molecule has 0 aliphatic heterocycles. The van der Waals surface area contributed by atoms with Crippen molar-refractivity contribution in [1.29, 1.82) is 10.5 Å². The van der Waals surface area contributed by atoms with Crippen LogP contribution in [0.5, 0.6) is 0 Å². The van der Waals surface area contributed by atoms with Crippen LogP contribution < -0.4 is 10.6 Å². The number of hydrogen-bond donors (Lipinski definition) is 0. The van der Waals surface area contributed by atoms with Crippen LogP contribution in [0.3, 0.4) is 0 Å². The van der Waals surface area contributed by atoms with Gasteiger partial charge in [0.05, 0.1) is 12.1 Å². The molecule has 127 valence electrons. The first-order chi connectivity index (χ1) is 11.6. The van der Waals surface area contributed by atoms with Crippen molar-refractivity contribution >= 4 is 16.7 Å². The third-order valence-electron chi connectivity index (χ3n) is 3.80. The maximum absolute atomic E-state index is 8.40. The van der Waals surface area contributed by atoms with Crippen molar-refractivity contribution in [3.63, 3.8) is 0 Å². The molecule has 2 aromatic carbocycles. The van der Waals surface area contributed by atoms with Gasteiger partial charge in [-0.1, -0.05) is 13.8 Å². The summed E-state index contributed by atoms with van der Waals surface area (Å²) < 4.78 is 0. The van der Waals surface area contributed by atoms with Gasteiger partial charge in [0.1, 0.15) is 0 Å². The molecular formula is C20H22N2PPd. The van der Waals surface area contributed by atoms with E-state index in [4.69, 9.17) is 10.5 Å². The van der Waals surface area contributed by atoms with Crippen molar-refractivity contribution in [3.05, 3.63) is 60.7 Å². The predicted molar refractivity (Wildman–Crippen MR) is 97.9 cm³/mol. The van der Waals surface area contributed by atoms with E-state index in [-0.39, 0.29) is 11.5 Å². The summed E-state index contributed by atoms with van der Waals surface area (Å²) >= 11 is 3.47. The van der Waals surface area contributed by atoms with Crippen LogP contribution in [0, 0.1) is 28.1 Å². The van der Waals surface area contributed by atoms with Gasteiger partial charge >= 0.3 is 96.1 Å². The summed E-state index contributed by atoms with van der Waals surface area (Å²) in [7, 11) is 0. The quantitative estimate of drug-likeness (QED) is 0.508. The van der Waals surface area contributed by atoms with Crippen LogP contribution >= 0.6 is 6.11 Å². The molecule has 2 aromatic rings. The topological polar surface area (TPSA) is 47.6 Å². The molecule has 24 heavy (non-hydrogen) atoms. The average Bonchev–Trinajstić information content (AvgIpc) is 2.63. The van der Waals surface area contributed by atoms with E-state index in [0.717, 1.165) is 6.42 Å². The molecule has 4 heteroatoms. The van der Waals surface area contributed by atoms with Gasteiger partial charge in [-0.25, -0.2) is 0 Å². The fraction of sp³-hybridized carbons (Fsp3) is 0.300. The van der Waals surface area contributed by atoms with Gasteiger partial charge in [0.2, 0.25) is 0 Å². The van der Waals surface area contributed by atoms with Crippen molar-refractivity contribution in [3.8, 4) is 12.1 Å². The number of nitrogens with zero attached hydrogens (tertiary/aromatic N) is 2. The molecule has 0 aliphatic carbocycles. The Balaban J connectivity index is 0.000000257. The number of benzene rings is 2. The van der Waals surface area contributed by atoms with Crippen LogP contribution in [0.15, 0.2) is 60.7 Å². The van der Waals surface area contributed by atoms with Crippen LogP contribution in [-0.2, 0) is 18.7 Å². The van der Waals surface area contributed by atoms with Gasteiger partial charge in [0.25, 0.3) is 0 Å². The molecular weight excluding hydrogens is 406 g/mol. The predicted octanol–water partition coefficient (Wildman–Crippen LogP) is 4.81. The fourth-order valence-corrected chi connectivity index (χ4v) is 4.46. The maximum atomic E-state index is 8.40. The first kappa shape index (κ1) is 20.6. The van der Waals surface area contributed by atoms with Crippen molar-refractivity contribution in [2.24, 2.45) is 5.41 Å². The molecule has 2 nitrogen and oxygen atoms in total. The number of rotatable bonds is 5. The molecule has 0 amide bonds. The van der Waals surface area contributed by atoms with Crippen LogP contribution in [-0.4, -0.2) is 0 Å². The van der Waals surface area contributed by atoms with Crippen molar-refractivity contribution in [2.45, 2.75) is 33.1 Å². The van der Waals surface area contributed by atoms with Crippen LogP contribution in [0.1, 0.15) is 33.1 Å². The van der Waals surface area contributed by atoms with Gasteiger partial charge in [0.15, 0.2) is 0 Å². The van der Waals surface area contributed by atoms with Gasteiger partial charge in [0, 0.05) is 12.8 Å². The molecule has 0 radical (unpaired) electrons. The Morgan fingerprint density at radius 3 is 1.54 bits per heavy atom. The second-order valence-electron chi connectivity index (χ2n) is 5.76. The second-order valence-corrected chi connectivity index (χ2v) is 9.38. The van der Waals surface area contributed by atoms with Gasteiger partial charge in [-0.2, -0.15) is 10.5 Å². The summed E-state index contributed by atoms with van der Waals surface area (Å²) in [4.78, 5) is 0. The Morgan fingerprint density at radius 2 is 1.25 bits per heavy atom. The van der Waals surface area contributed by atoms with E-state index in [9.17, 15) is 0 Å². The van der Waals surface area contributed by atoms with E-state index in [0.29, 0.717) is 12.8 Å². The second kappa shape index (κ2) is 11.1. The first-order valence-corrected chi connectivity index (χ1v) is 11.1. The van der Waals surface area contributed by atoms with Gasteiger partial charge in [-0.15, -0.1) is 0 Å². The molecule has 0 fully saturated rings. The molecule has 0 bridgehead atoms. The van der Waals surface area contributed by atoms with Crippen molar-refractivity contribution < 1.29 is 18.7 Å². The Hall–Kier alpha value is -1.49. The van der Waals surface area contributed by atoms with E-state index in [1.165, 1.54) is 10.6 Å². The molecule has 0 aromatic heterocycles. The minimum absolute atomic E-state index is 0.0799. The Bertz CT molecular complexity index is 619. The third-order valence-corrected chi connectivity index (χ3v) is 7.65. The zero-order valence-electron chi connectivity index (χ0n) is 14.1. The molecule has 0 unspecified atom stereocenters. The molecule has 0 spiro atoms. The Kier molecular flexibility index (Phi) is 9.54. The fourth-order valence-electron chi connectivity index (χ4n) is 1.94. The van der Waals surface area contributed by atoms with E-state index in [1.807, 2.05) is 13.8 Å². The van der Waals surface area contributed by atoms with Gasteiger partial charge < -0.3 is 0 Å². The molecule has 0 atom stereocenters. The van der Waals surface area contributed by atoms with E-state index < -0.39 is 0 Å². The van der Waals surface area contributed by atoms with Crippen LogP contribution in [0.25, 0.3) is 0 Å². The molecule has 0 heterocycles. The summed E-state index contributed by atoms with van der Waals surface area (Å²) in [6.45, 7) is 3.98. The van der Waals surface area contributed by atoms with Crippen LogP contribution in [0.2, 0.25) is 0 Å². The first-order valence-electron chi connectivity index (χ1n) is 7.83. The molecule has 0 N–H and O–H groups in total. The van der Waals surface area contributed by atoms with E-state index >= 15 is 0 Å². The van der Waals surface area contributed by atoms with Gasteiger partial charge in [-0.05, 0) is 11.8 Å². The summed E-state index contributed by atoms with van der Waals surface area (Å²) in [5.41, 5.74) is -0.0799. The SMILES string of the molecule is CCC(C)(CC#N)CC#N.[Pd][P](c1ccccc1)c1ccccc1. The monoisotopic (exact) mass is 427 g/mol. The average molecular weight is 428 g/mol. The van der Waals surface area contributed by atoms with E-state index in [2.05, 4.69) is 91.5 Å². The van der Waals surface area contributed by atoms with E-state index in [1.54, 1.807) is 0 Å². The normalized spacial score (nSPS) is 10.3. The minimum atomic E-state index is -0.321. The molecule has 0 saturated carbocycles. The zero-order valence-corrected chi connectivity index (χ0v) is 16.5. The van der Waals surface area contributed by atoms with Crippen molar-refractivity contribution in [1.82, 2.24) is 0 Å². The molecule has 2 rings (SSSR count). The number of nitriles is 2. The standard InChI is InChI=1S/C12H10P.C8H12N2.Pd/c1-3-7-11(8-4-1)13-12-9-5-2-6-10-12;1-3-8(2,4-6-9)5-7-10;/h1-10H;3-5H2,1-2H3;/q-1;;+1. The van der Waals surface area contributed by atoms with Gasteiger partial charge in [-0.3, -0.25) is 0 Å². The third kappa shape index (κ3) is 6.95. The zero-order chi connectivity index (χ0) is 17.8. The Labute approximate surface area is 157 Å². The summed E-state index contributed by atoms with van der Waals surface area (Å²) in [6, 6.07) is 25.3. The molecule has 0 aliphatic rings. The summed E-state index contributed by atoms with van der Waals surface area (Å²) in [5, 5.41) is 19.5. The number of hydrogen-bond acceptors (Lipinski definition) is 2. The van der Waals surface area contributed by atoms with Crippen LogP contribution in [0.4, 0.5) is 0 Å². The summed E-state index contributed by atoms with van der Waals surface area (Å²) in [5.74, 6) is 0.